The first kappa shape index (κ1) is 10.8. The van der Waals surface area contributed by atoms with E-state index in [2.05, 4.69) is 9.97 Å². The molecule has 0 aliphatic rings. The molecule has 0 radical (unpaired) electrons. The summed E-state index contributed by atoms with van der Waals surface area (Å²) < 4.78 is 13.1. The molecule has 3 nitrogen and oxygen atoms in total. The van der Waals surface area contributed by atoms with Crippen LogP contribution < -0.4 is 5.56 Å². The quantitative estimate of drug-likeness (QED) is 0.830. The van der Waals surface area contributed by atoms with Crippen LogP contribution in [0.2, 0.25) is 5.02 Å². The topological polar surface area (TPSA) is 45.8 Å². The Morgan fingerprint density at radius 1 is 1.44 bits per heavy atom. The Morgan fingerprint density at radius 2 is 2.19 bits per heavy atom. The number of nitrogens with zero attached hydrogens (tertiary/aromatic N) is 1. The zero-order valence-electron chi connectivity index (χ0n) is 8.42. The molecule has 0 aliphatic heterocycles. The zero-order valence-corrected chi connectivity index (χ0v) is 9.18. The van der Waals surface area contributed by atoms with Gasteiger partial charge in [0.2, 0.25) is 0 Å². The molecule has 1 N–H and O–H groups in total. The number of nitrogens with one attached hydrogen (secondary N) is 1. The molecule has 5 heteroatoms. The van der Waals surface area contributed by atoms with E-state index in [1.807, 2.05) is 0 Å². The third kappa shape index (κ3) is 1.84. The first-order valence-corrected chi connectivity index (χ1v) is 4.97. The maximum atomic E-state index is 13.1. The second-order valence-corrected chi connectivity index (χ2v) is 3.74. The molecule has 0 fully saturated rings. The number of benzene rings is 1. The minimum atomic E-state index is -0.416. The van der Waals surface area contributed by atoms with Crippen LogP contribution in [0.25, 0.3) is 11.3 Å². The van der Waals surface area contributed by atoms with Crippen LogP contribution in [0.5, 0.6) is 0 Å². The fourth-order valence-electron chi connectivity index (χ4n) is 1.42. The van der Waals surface area contributed by atoms with E-state index in [0.29, 0.717) is 21.8 Å². The predicted octanol–water partition coefficient (Wildman–Crippen LogP) is 2.54. The summed E-state index contributed by atoms with van der Waals surface area (Å²) in [5.74, 6) is -0.416. The fraction of sp³-hybridized carbons (Fsp3) is 0.0909. The molecule has 82 valence electrons. The van der Waals surface area contributed by atoms with Gasteiger partial charge in [0.25, 0.3) is 5.56 Å². The van der Waals surface area contributed by atoms with Crippen molar-refractivity contribution >= 4 is 11.6 Å². The summed E-state index contributed by atoms with van der Waals surface area (Å²) >= 11 is 5.94. The van der Waals surface area contributed by atoms with Crippen molar-refractivity contribution in [2.75, 3.05) is 0 Å². The van der Waals surface area contributed by atoms with Crippen molar-refractivity contribution in [2.24, 2.45) is 0 Å². The number of hydrogen-bond donors (Lipinski definition) is 1. The maximum Gasteiger partial charge on any atom is 0.254 e. The normalized spacial score (nSPS) is 10.4. The average molecular weight is 239 g/mol. The lowest BCUT2D eigenvalue weighted by atomic mass is 10.1. The molecule has 0 amide bonds. The highest BCUT2D eigenvalue weighted by molar-refractivity contribution is 6.33. The summed E-state index contributed by atoms with van der Waals surface area (Å²) in [7, 11) is 0. The Kier molecular flexibility index (Phi) is 2.75. The highest BCUT2D eigenvalue weighted by Crippen LogP contribution is 2.27. The summed E-state index contributed by atoms with van der Waals surface area (Å²) in [5, 5.41) is 0.364. The summed E-state index contributed by atoms with van der Waals surface area (Å²) in [6.07, 6.45) is 1.27. The standard InChI is InChI=1S/C11H8ClFN2O/c1-6-10(14-5-15-11(6)16)8-4-7(13)2-3-9(8)12/h2-5H,1H3,(H,14,15,16). The number of hydrogen-bond acceptors (Lipinski definition) is 2. The molecule has 1 aromatic carbocycles. The van der Waals surface area contributed by atoms with Gasteiger partial charge in [-0.15, -0.1) is 0 Å². The number of halogens is 2. The van der Waals surface area contributed by atoms with E-state index in [4.69, 9.17) is 11.6 Å². The molecule has 0 saturated carbocycles. The van der Waals surface area contributed by atoms with Crippen LogP contribution in [0.3, 0.4) is 0 Å². The molecule has 0 aliphatic carbocycles. The lowest BCUT2D eigenvalue weighted by molar-refractivity contribution is 0.628. The predicted molar refractivity (Wildman–Crippen MR) is 60.0 cm³/mol. The Hall–Kier alpha value is -1.68. The van der Waals surface area contributed by atoms with E-state index < -0.39 is 5.82 Å². The van der Waals surface area contributed by atoms with Crippen LogP contribution in [-0.4, -0.2) is 9.97 Å². The highest BCUT2D eigenvalue weighted by atomic mass is 35.5. The zero-order chi connectivity index (χ0) is 11.7. The SMILES string of the molecule is Cc1c(-c2cc(F)ccc2Cl)nc[nH]c1=O. The summed E-state index contributed by atoms with van der Waals surface area (Å²) in [6, 6.07) is 3.96. The monoisotopic (exact) mass is 238 g/mol. The second kappa shape index (κ2) is 4.06. The number of aromatic amines is 1. The Balaban J connectivity index is 2.72. The van der Waals surface area contributed by atoms with Crippen LogP contribution in [0, 0.1) is 12.7 Å². The number of aromatic nitrogens is 2. The highest BCUT2D eigenvalue weighted by Gasteiger charge is 2.10. The van der Waals surface area contributed by atoms with Gasteiger partial charge in [-0.2, -0.15) is 0 Å². The van der Waals surface area contributed by atoms with Gasteiger partial charge in [0.15, 0.2) is 0 Å². The van der Waals surface area contributed by atoms with E-state index >= 15 is 0 Å². The van der Waals surface area contributed by atoms with Gasteiger partial charge in [-0.05, 0) is 25.1 Å². The van der Waals surface area contributed by atoms with Gasteiger partial charge >= 0.3 is 0 Å². The summed E-state index contributed by atoms with van der Waals surface area (Å²) in [5.41, 5.74) is 0.971. The summed E-state index contributed by atoms with van der Waals surface area (Å²) in [4.78, 5) is 17.8. The van der Waals surface area contributed by atoms with E-state index in [0.717, 1.165) is 0 Å². The molecule has 0 bridgehead atoms. The van der Waals surface area contributed by atoms with Gasteiger partial charge < -0.3 is 4.98 Å². The van der Waals surface area contributed by atoms with E-state index in [-0.39, 0.29) is 5.56 Å². The van der Waals surface area contributed by atoms with Crippen molar-refractivity contribution in [2.45, 2.75) is 6.92 Å². The van der Waals surface area contributed by atoms with Gasteiger partial charge in [0.05, 0.1) is 17.0 Å². The maximum absolute atomic E-state index is 13.1. The number of H-pyrrole nitrogens is 1. The molecule has 0 unspecified atom stereocenters. The average Bonchev–Trinajstić information content (AvgIpc) is 2.26. The Labute approximate surface area is 95.9 Å². The molecule has 2 aromatic rings. The largest absolute Gasteiger partial charge is 0.313 e. The third-order valence-electron chi connectivity index (χ3n) is 2.27. The van der Waals surface area contributed by atoms with Crippen LogP contribution in [0.1, 0.15) is 5.56 Å². The van der Waals surface area contributed by atoms with E-state index in [9.17, 15) is 9.18 Å². The third-order valence-corrected chi connectivity index (χ3v) is 2.60. The smallest absolute Gasteiger partial charge is 0.254 e. The molecule has 1 aromatic heterocycles. The molecular formula is C11H8ClFN2O. The van der Waals surface area contributed by atoms with Crippen LogP contribution >= 0.6 is 11.6 Å². The molecule has 0 atom stereocenters. The Morgan fingerprint density at radius 3 is 2.94 bits per heavy atom. The molecular weight excluding hydrogens is 231 g/mol. The lowest BCUT2D eigenvalue weighted by Gasteiger charge is -2.05. The second-order valence-electron chi connectivity index (χ2n) is 3.33. The van der Waals surface area contributed by atoms with Crippen LogP contribution in [0.4, 0.5) is 4.39 Å². The van der Waals surface area contributed by atoms with Crippen LogP contribution in [0.15, 0.2) is 29.3 Å². The molecule has 16 heavy (non-hydrogen) atoms. The van der Waals surface area contributed by atoms with E-state index in [1.54, 1.807) is 6.92 Å². The van der Waals surface area contributed by atoms with Crippen molar-refractivity contribution in [1.29, 1.82) is 0 Å². The van der Waals surface area contributed by atoms with Gasteiger partial charge in [0.1, 0.15) is 5.82 Å². The minimum Gasteiger partial charge on any atom is -0.313 e. The minimum absolute atomic E-state index is 0.259. The first-order valence-electron chi connectivity index (χ1n) is 4.59. The molecule has 0 spiro atoms. The molecule has 2 rings (SSSR count). The molecule has 0 saturated heterocycles. The lowest BCUT2D eigenvalue weighted by Crippen LogP contribution is -2.11. The van der Waals surface area contributed by atoms with Crippen molar-refractivity contribution in [3.63, 3.8) is 0 Å². The number of rotatable bonds is 1. The van der Waals surface area contributed by atoms with Crippen molar-refractivity contribution in [3.05, 3.63) is 51.3 Å². The van der Waals surface area contributed by atoms with E-state index in [1.165, 1.54) is 24.5 Å². The Bertz CT molecular complexity index is 595. The van der Waals surface area contributed by atoms with Crippen molar-refractivity contribution in [3.8, 4) is 11.3 Å². The van der Waals surface area contributed by atoms with Crippen molar-refractivity contribution in [1.82, 2.24) is 9.97 Å². The molecule has 1 heterocycles. The van der Waals surface area contributed by atoms with Gasteiger partial charge in [-0.3, -0.25) is 4.79 Å². The fourth-order valence-corrected chi connectivity index (χ4v) is 1.63. The summed E-state index contributed by atoms with van der Waals surface area (Å²) in [6.45, 7) is 1.61. The van der Waals surface area contributed by atoms with Gasteiger partial charge in [-0.25, -0.2) is 9.37 Å². The van der Waals surface area contributed by atoms with Crippen LogP contribution in [-0.2, 0) is 0 Å². The first-order chi connectivity index (χ1) is 7.59. The van der Waals surface area contributed by atoms with Gasteiger partial charge in [-0.1, -0.05) is 11.6 Å². The van der Waals surface area contributed by atoms with Crippen molar-refractivity contribution < 1.29 is 4.39 Å². The van der Waals surface area contributed by atoms with Gasteiger partial charge in [0, 0.05) is 11.1 Å².